The average molecular weight is 515 g/mol. The van der Waals surface area contributed by atoms with Crippen LogP contribution in [0.2, 0.25) is 10.0 Å². The summed E-state index contributed by atoms with van der Waals surface area (Å²) in [6.45, 7) is 4.63. The maximum atomic E-state index is 13.6. The number of nitrogens with one attached hydrogen (secondary N) is 2. The highest BCUT2D eigenvalue weighted by Gasteiger charge is 2.46. The van der Waals surface area contributed by atoms with Crippen LogP contribution in [0, 0.1) is 0 Å². The Kier molecular flexibility index (Phi) is 7.67. The van der Waals surface area contributed by atoms with E-state index in [1.807, 2.05) is 25.1 Å². The second-order valence-corrected chi connectivity index (χ2v) is 9.49. The van der Waals surface area contributed by atoms with E-state index in [-0.39, 0.29) is 24.4 Å². The lowest BCUT2D eigenvalue weighted by molar-refractivity contribution is -0.135. The smallest absolute Gasteiger partial charge is 0.322 e. The predicted octanol–water partition coefficient (Wildman–Crippen LogP) is 4.31. The molecule has 2 aliphatic heterocycles. The molecule has 0 saturated carbocycles. The number of likely N-dealkylation sites (N-methyl/N-ethyl adjacent to an activating group) is 1. The minimum atomic E-state index is -0.719. The van der Waals surface area contributed by atoms with Crippen LogP contribution >= 0.6 is 23.2 Å². The number of benzene rings is 2. The molecule has 2 N–H and O–H groups in total. The van der Waals surface area contributed by atoms with Gasteiger partial charge < -0.3 is 15.5 Å². The van der Waals surface area contributed by atoms with Crippen LogP contribution in [0.4, 0.5) is 4.79 Å². The quantitative estimate of drug-likeness (QED) is 0.514. The topological polar surface area (TPSA) is 81.8 Å². The molecule has 2 heterocycles. The summed E-state index contributed by atoms with van der Waals surface area (Å²) >= 11 is 12.5. The Morgan fingerprint density at radius 2 is 1.91 bits per heavy atom. The number of amides is 4. The van der Waals surface area contributed by atoms with Gasteiger partial charge in [-0.2, -0.15) is 0 Å². The third kappa shape index (κ3) is 5.16. The molecule has 0 bridgehead atoms. The summed E-state index contributed by atoms with van der Waals surface area (Å²) in [5.41, 5.74) is 2.83. The number of hydrogen-bond acceptors (Lipinski definition) is 3. The van der Waals surface area contributed by atoms with Gasteiger partial charge in [0.05, 0.1) is 23.9 Å². The zero-order chi connectivity index (χ0) is 25.1. The molecule has 2 aliphatic rings. The van der Waals surface area contributed by atoms with E-state index in [0.29, 0.717) is 40.0 Å². The molecule has 35 heavy (non-hydrogen) atoms. The zero-order valence-electron chi connectivity index (χ0n) is 19.7. The molecule has 0 saturated heterocycles. The third-order valence-electron chi connectivity index (χ3n) is 6.47. The number of carbonyl (C=O) groups excluding carboxylic acids is 3. The molecule has 4 rings (SSSR count). The fourth-order valence-corrected chi connectivity index (χ4v) is 5.09. The molecule has 9 heteroatoms. The van der Waals surface area contributed by atoms with Gasteiger partial charge in [-0.1, -0.05) is 59.6 Å². The van der Waals surface area contributed by atoms with Crippen molar-refractivity contribution in [1.82, 2.24) is 20.4 Å². The Hall–Kier alpha value is -3.03. The van der Waals surface area contributed by atoms with Gasteiger partial charge in [0.2, 0.25) is 5.91 Å². The number of carbonyl (C=O) groups is 3. The minimum Gasteiger partial charge on any atom is -0.354 e. The lowest BCUT2D eigenvalue weighted by Crippen LogP contribution is -2.47. The highest BCUT2D eigenvalue weighted by Crippen LogP contribution is 2.39. The Morgan fingerprint density at radius 3 is 2.60 bits per heavy atom. The van der Waals surface area contributed by atoms with Crippen molar-refractivity contribution in [3.8, 4) is 0 Å². The Bertz CT molecular complexity index is 1170. The van der Waals surface area contributed by atoms with Gasteiger partial charge in [-0.15, -0.1) is 0 Å². The summed E-state index contributed by atoms with van der Waals surface area (Å²) in [6, 6.07) is 13.3. The van der Waals surface area contributed by atoms with Gasteiger partial charge in [-0.3, -0.25) is 14.5 Å². The molecule has 0 fully saturated rings. The first-order valence-corrected chi connectivity index (χ1v) is 12.5. The lowest BCUT2D eigenvalue weighted by atomic mass is 9.95. The van der Waals surface area contributed by atoms with Crippen LogP contribution in [-0.2, 0) is 16.0 Å². The summed E-state index contributed by atoms with van der Waals surface area (Å²) in [4.78, 5) is 42.4. The van der Waals surface area contributed by atoms with E-state index in [2.05, 4.69) is 22.8 Å². The molecular weight excluding hydrogens is 487 g/mol. The van der Waals surface area contributed by atoms with Gasteiger partial charge in [0, 0.05) is 23.1 Å². The number of hydrogen-bond donors (Lipinski definition) is 2. The van der Waals surface area contributed by atoms with Gasteiger partial charge in [0.15, 0.2) is 0 Å². The van der Waals surface area contributed by atoms with Crippen molar-refractivity contribution in [2.24, 2.45) is 0 Å². The lowest BCUT2D eigenvalue weighted by Gasteiger charge is -2.33. The van der Waals surface area contributed by atoms with Crippen molar-refractivity contribution in [3.05, 3.63) is 81.0 Å². The van der Waals surface area contributed by atoms with Crippen molar-refractivity contribution >= 4 is 41.0 Å². The molecule has 0 spiro atoms. The standard InChI is InChI=1S/C26H28Cl2N4O3/c1-3-31-21-15-32(16(2)24(33)29-13-7-10-17-8-5-4-6-9-17)25(34)22(21)23(30-26(31)35)19-12-11-18(27)14-20(19)28/h4-6,8-9,11-12,14,16,23H,3,7,10,13,15H2,1-2H3,(H,29,33)(H,30,35). The largest absolute Gasteiger partial charge is 0.354 e. The van der Waals surface area contributed by atoms with Crippen LogP contribution < -0.4 is 10.6 Å². The van der Waals surface area contributed by atoms with Gasteiger partial charge in [0.25, 0.3) is 5.91 Å². The van der Waals surface area contributed by atoms with Crippen molar-refractivity contribution in [1.29, 1.82) is 0 Å². The number of aryl methyl sites for hydroxylation is 1. The van der Waals surface area contributed by atoms with E-state index < -0.39 is 12.1 Å². The van der Waals surface area contributed by atoms with Crippen molar-refractivity contribution < 1.29 is 14.4 Å². The fourth-order valence-electron chi connectivity index (χ4n) is 4.57. The number of nitrogens with zero attached hydrogens (tertiary/aromatic N) is 2. The fraction of sp³-hybridized carbons (Fsp3) is 0.346. The second-order valence-electron chi connectivity index (χ2n) is 8.64. The van der Waals surface area contributed by atoms with Crippen LogP contribution in [0.1, 0.15) is 37.4 Å². The molecule has 2 aromatic rings. The van der Waals surface area contributed by atoms with E-state index in [1.54, 1.807) is 25.1 Å². The summed E-state index contributed by atoms with van der Waals surface area (Å²) in [5.74, 6) is -0.518. The van der Waals surface area contributed by atoms with E-state index in [1.165, 1.54) is 15.4 Å². The summed E-state index contributed by atoms with van der Waals surface area (Å²) < 4.78 is 0. The number of urea groups is 1. The van der Waals surface area contributed by atoms with Crippen LogP contribution in [0.3, 0.4) is 0 Å². The first kappa shape index (κ1) is 25.1. The summed E-state index contributed by atoms with van der Waals surface area (Å²) in [5, 5.41) is 6.65. The summed E-state index contributed by atoms with van der Waals surface area (Å²) in [6.07, 6.45) is 1.65. The normalized spacial score (nSPS) is 18.5. The maximum absolute atomic E-state index is 13.6. The molecule has 2 aromatic carbocycles. The molecule has 2 atom stereocenters. The molecule has 4 amide bonds. The molecule has 0 aliphatic carbocycles. The van der Waals surface area contributed by atoms with Crippen LogP contribution in [0.15, 0.2) is 59.8 Å². The van der Waals surface area contributed by atoms with Gasteiger partial charge in [0.1, 0.15) is 6.04 Å². The maximum Gasteiger partial charge on any atom is 0.322 e. The Balaban J connectivity index is 1.48. The molecule has 0 radical (unpaired) electrons. The van der Waals surface area contributed by atoms with Crippen molar-refractivity contribution in [2.75, 3.05) is 19.6 Å². The summed E-state index contributed by atoms with van der Waals surface area (Å²) in [7, 11) is 0. The van der Waals surface area contributed by atoms with E-state index >= 15 is 0 Å². The highest BCUT2D eigenvalue weighted by atomic mass is 35.5. The highest BCUT2D eigenvalue weighted by molar-refractivity contribution is 6.35. The first-order valence-electron chi connectivity index (χ1n) is 11.7. The molecule has 0 aromatic heterocycles. The zero-order valence-corrected chi connectivity index (χ0v) is 21.2. The Morgan fingerprint density at radius 1 is 1.17 bits per heavy atom. The second kappa shape index (κ2) is 10.7. The van der Waals surface area contributed by atoms with Crippen LogP contribution in [0.5, 0.6) is 0 Å². The number of halogens is 2. The predicted molar refractivity (Wildman–Crippen MR) is 136 cm³/mol. The van der Waals surface area contributed by atoms with E-state index in [9.17, 15) is 14.4 Å². The monoisotopic (exact) mass is 514 g/mol. The van der Waals surface area contributed by atoms with E-state index in [0.717, 1.165) is 12.8 Å². The molecule has 184 valence electrons. The van der Waals surface area contributed by atoms with Crippen molar-refractivity contribution in [3.63, 3.8) is 0 Å². The van der Waals surface area contributed by atoms with Gasteiger partial charge in [-0.05, 0) is 49.9 Å². The minimum absolute atomic E-state index is 0.176. The van der Waals surface area contributed by atoms with Gasteiger partial charge >= 0.3 is 6.03 Å². The average Bonchev–Trinajstić information content (AvgIpc) is 3.18. The van der Waals surface area contributed by atoms with Crippen LogP contribution in [-0.4, -0.2) is 53.3 Å². The number of rotatable bonds is 8. The first-order chi connectivity index (χ1) is 16.8. The van der Waals surface area contributed by atoms with Crippen molar-refractivity contribution in [2.45, 2.75) is 38.8 Å². The molecule has 2 unspecified atom stereocenters. The molecule has 7 nitrogen and oxygen atoms in total. The Labute approximate surface area is 215 Å². The molecular formula is C26H28Cl2N4O3. The van der Waals surface area contributed by atoms with Gasteiger partial charge in [-0.25, -0.2) is 4.79 Å². The van der Waals surface area contributed by atoms with Crippen LogP contribution in [0.25, 0.3) is 0 Å². The SMILES string of the molecule is CCN1C(=O)NC(c2ccc(Cl)cc2Cl)C2=C1CN(C(C)C(=O)NCCCc1ccccc1)C2=O. The third-order valence-corrected chi connectivity index (χ3v) is 7.03. The van der Waals surface area contributed by atoms with E-state index in [4.69, 9.17) is 23.2 Å².